The molecule has 0 radical (unpaired) electrons. The standard InChI is InChI=1S/C19H24N4O2/c1-11(9-15-12(2)22-23(4)13(15)3)20-19(25)16-10-18(24)21-17-8-6-5-7-14(16)17/h5-8,11,16H,9-10H2,1-4H3,(H,20,25)(H,21,24). The zero-order chi connectivity index (χ0) is 18.1. The molecule has 2 atom stereocenters. The van der Waals surface area contributed by atoms with E-state index >= 15 is 0 Å². The van der Waals surface area contributed by atoms with Crippen molar-refractivity contribution in [2.24, 2.45) is 7.05 Å². The molecule has 0 aliphatic carbocycles. The minimum Gasteiger partial charge on any atom is -0.353 e. The predicted molar refractivity (Wildman–Crippen MR) is 96.4 cm³/mol. The molecule has 2 aromatic rings. The molecule has 2 heterocycles. The molecule has 1 aromatic carbocycles. The molecule has 2 amide bonds. The van der Waals surface area contributed by atoms with Crippen LogP contribution in [0.1, 0.15) is 41.8 Å². The first kappa shape index (κ1) is 17.2. The number of amides is 2. The number of rotatable bonds is 4. The quantitative estimate of drug-likeness (QED) is 0.896. The molecule has 0 fully saturated rings. The Hall–Kier alpha value is -2.63. The van der Waals surface area contributed by atoms with Crippen molar-refractivity contribution in [2.75, 3.05) is 5.32 Å². The van der Waals surface area contributed by atoms with Crippen molar-refractivity contribution < 1.29 is 9.59 Å². The van der Waals surface area contributed by atoms with Crippen LogP contribution in [-0.4, -0.2) is 27.6 Å². The van der Waals surface area contributed by atoms with Crippen molar-refractivity contribution in [1.82, 2.24) is 15.1 Å². The van der Waals surface area contributed by atoms with E-state index in [0.29, 0.717) is 0 Å². The third-order valence-electron chi connectivity index (χ3n) is 4.87. The van der Waals surface area contributed by atoms with Crippen LogP contribution >= 0.6 is 0 Å². The topological polar surface area (TPSA) is 76.0 Å². The maximum absolute atomic E-state index is 12.8. The summed E-state index contributed by atoms with van der Waals surface area (Å²) in [6.07, 6.45) is 0.901. The highest BCUT2D eigenvalue weighted by Gasteiger charge is 2.31. The summed E-state index contributed by atoms with van der Waals surface area (Å²) in [5.41, 5.74) is 4.87. The van der Waals surface area contributed by atoms with Gasteiger partial charge in [-0.1, -0.05) is 18.2 Å². The lowest BCUT2D eigenvalue weighted by atomic mass is 9.89. The Morgan fingerprint density at radius 2 is 2.12 bits per heavy atom. The van der Waals surface area contributed by atoms with Crippen molar-refractivity contribution in [3.05, 3.63) is 46.8 Å². The Labute approximate surface area is 147 Å². The fourth-order valence-electron chi connectivity index (χ4n) is 3.46. The summed E-state index contributed by atoms with van der Waals surface area (Å²) >= 11 is 0. The number of hydrogen-bond donors (Lipinski definition) is 2. The number of para-hydroxylation sites is 1. The number of carbonyl (C=O) groups is 2. The largest absolute Gasteiger partial charge is 0.353 e. The minimum absolute atomic E-state index is 0.0359. The summed E-state index contributed by atoms with van der Waals surface area (Å²) in [5.74, 6) is -0.664. The Bertz CT molecular complexity index is 825. The van der Waals surface area contributed by atoms with Gasteiger partial charge in [-0.3, -0.25) is 14.3 Å². The van der Waals surface area contributed by atoms with Gasteiger partial charge in [0.05, 0.1) is 11.6 Å². The maximum Gasteiger partial charge on any atom is 0.228 e. The molecule has 0 saturated heterocycles. The van der Waals surface area contributed by atoms with Crippen LogP contribution in [0.5, 0.6) is 0 Å². The summed E-state index contributed by atoms with van der Waals surface area (Å²) in [4.78, 5) is 24.7. The van der Waals surface area contributed by atoms with Crippen LogP contribution in [-0.2, 0) is 23.1 Å². The number of benzene rings is 1. The predicted octanol–water partition coefficient (Wildman–Crippen LogP) is 2.21. The Morgan fingerprint density at radius 1 is 1.40 bits per heavy atom. The Balaban J connectivity index is 1.73. The van der Waals surface area contributed by atoms with Crippen LogP contribution < -0.4 is 10.6 Å². The summed E-state index contributed by atoms with van der Waals surface area (Å²) in [6, 6.07) is 7.45. The zero-order valence-corrected chi connectivity index (χ0v) is 15.1. The molecule has 6 nitrogen and oxygen atoms in total. The number of hydrogen-bond acceptors (Lipinski definition) is 3. The van der Waals surface area contributed by atoms with E-state index in [1.54, 1.807) is 0 Å². The van der Waals surface area contributed by atoms with Gasteiger partial charge in [0, 0.05) is 30.9 Å². The summed E-state index contributed by atoms with van der Waals surface area (Å²) in [6.45, 7) is 6.00. The number of carbonyl (C=O) groups excluding carboxylic acids is 2. The van der Waals surface area contributed by atoms with Gasteiger partial charge in [0.25, 0.3) is 0 Å². The van der Waals surface area contributed by atoms with Crippen LogP contribution in [0.3, 0.4) is 0 Å². The Kier molecular flexibility index (Phi) is 4.61. The fraction of sp³-hybridized carbons (Fsp3) is 0.421. The number of aryl methyl sites for hydroxylation is 2. The molecule has 25 heavy (non-hydrogen) atoms. The SMILES string of the molecule is Cc1nn(C)c(C)c1CC(C)NC(=O)C1CC(=O)Nc2ccccc21. The average Bonchev–Trinajstić information content (AvgIpc) is 2.80. The molecular weight excluding hydrogens is 316 g/mol. The van der Waals surface area contributed by atoms with Crippen LogP contribution in [0.2, 0.25) is 0 Å². The molecule has 1 aliphatic heterocycles. The lowest BCUT2D eigenvalue weighted by Crippen LogP contribution is -2.40. The third kappa shape index (κ3) is 3.43. The van der Waals surface area contributed by atoms with Crippen LogP contribution in [0.4, 0.5) is 5.69 Å². The molecule has 1 aromatic heterocycles. The second-order valence-corrected chi connectivity index (χ2v) is 6.78. The fourth-order valence-corrected chi connectivity index (χ4v) is 3.46. The molecular formula is C19H24N4O2. The number of nitrogens with zero attached hydrogens (tertiary/aromatic N) is 2. The molecule has 2 unspecified atom stereocenters. The number of nitrogens with one attached hydrogen (secondary N) is 2. The van der Waals surface area contributed by atoms with E-state index in [9.17, 15) is 9.59 Å². The first-order valence-electron chi connectivity index (χ1n) is 8.55. The highest BCUT2D eigenvalue weighted by Crippen LogP contribution is 2.32. The highest BCUT2D eigenvalue weighted by molar-refractivity contribution is 6.01. The molecule has 3 rings (SSSR count). The van der Waals surface area contributed by atoms with E-state index in [-0.39, 0.29) is 24.3 Å². The van der Waals surface area contributed by atoms with Crippen LogP contribution in [0.25, 0.3) is 0 Å². The first-order chi connectivity index (χ1) is 11.9. The van der Waals surface area contributed by atoms with Gasteiger partial charge in [-0.25, -0.2) is 0 Å². The van der Waals surface area contributed by atoms with Gasteiger partial charge >= 0.3 is 0 Å². The van der Waals surface area contributed by atoms with Crippen molar-refractivity contribution in [2.45, 2.75) is 45.6 Å². The van der Waals surface area contributed by atoms with E-state index < -0.39 is 5.92 Å². The minimum atomic E-state index is -0.441. The average molecular weight is 340 g/mol. The van der Waals surface area contributed by atoms with E-state index in [4.69, 9.17) is 0 Å². The summed E-state index contributed by atoms with van der Waals surface area (Å²) in [5, 5.41) is 10.3. The smallest absolute Gasteiger partial charge is 0.228 e. The van der Waals surface area contributed by atoms with E-state index in [2.05, 4.69) is 15.7 Å². The second kappa shape index (κ2) is 6.70. The molecule has 1 aliphatic rings. The van der Waals surface area contributed by atoms with Crippen LogP contribution in [0.15, 0.2) is 24.3 Å². The van der Waals surface area contributed by atoms with Gasteiger partial charge in [-0.2, -0.15) is 5.10 Å². The summed E-state index contributed by atoms with van der Waals surface area (Å²) < 4.78 is 1.86. The number of aromatic nitrogens is 2. The first-order valence-corrected chi connectivity index (χ1v) is 8.55. The Morgan fingerprint density at radius 3 is 2.80 bits per heavy atom. The molecule has 0 spiro atoms. The van der Waals surface area contributed by atoms with Gasteiger partial charge in [0.15, 0.2) is 0 Å². The van der Waals surface area contributed by atoms with Crippen LogP contribution in [0, 0.1) is 13.8 Å². The molecule has 0 bridgehead atoms. The lowest BCUT2D eigenvalue weighted by Gasteiger charge is -2.26. The van der Waals surface area contributed by atoms with E-state index in [1.165, 1.54) is 0 Å². The van der Waals surface area contributed by atoms with Gasteiger partial charge in [-0.15, -0.1) is 0 Å². The maximum atomic E-state index is 12.8. The molecule has 0 saturated carbocycles. The highest BCUT2D eigenvalue weighted by atomic mass is 16.2. The van der Waals surface area contributed by atoms with Gasteiger partial charge in [-0.05, 0) is 44.4 Å². The monoisotopic (exact) mass is 340 g/mol. The number of fused-ring (bicyclic) bond motifs is 1. The van der Waals surface area contributed by atoms with Crippen molar-refractivity contribution in [3.63, 3.8) is 0 Å². The number of anilines is 1. The second-order valence-electron chi connectivity index (χ2n) is 6.78. The van der Waals surface area contributed by atoms with E-state index in [1.807, 2.05) is 56.8 Å². The van der Waals surface area contributed by atoms with Gasteiger partial charge < -0.3 is 10.6 Å². The summed E-state index contributed by atoms with van der Waals surface area (Å²) in [7, 11) is 1.92. The van der Waals surface area contributed by atoms with Crippen molar-refractivity contribution >= 4 is 17.5 Å². The van der Waals surface area contributed by atoms with E-state index in [0.717, 1.165) is 34.6 Å². The normalized spacial score (nSPS) is 17.6. The lowest BCUT2D eigenvalue weighted by molar-refractivity contribution is -0.126. The van der Waals surface area contributed by atoms with Crippen molar-refractivity contribution in [3.8, 4) is 0 Å². The third-order valence-corrected chi connectivity index (χ3v) is 4.87. The zero-order valence-electron chi connectivity index (χ0n) is 15.1. The van der Waals surface area contributed by atoms with Gasteiger partial charge in [0.1, 0.15) is 0 Å². The molecule has 6 heteroatoms. The van der Waals surface area contributed by atoms with Crippen molar-refractivity contribution in [1.29, 1.82) is 0 Å². The molecule has 132 valence electrons. The van der Waals surface area contributed by atoms with Gasteiger partial charge in [0.2, 0.25) is 11.8 Å². The molecule has 2 N–H and O–H groups in total.